The van der Waals surface area contributed by atoms with Crippen LogP contribution in [0.1, 0.15) is 6.42 Å². The number of hydroxylamine groups is 1. The highest BCUT2D eigenvalue weighted by Gasteiger charge is 2.07. The van der Waals surface area contributed by atoms with Crippen LogP contribution in [0.5, 0.6) is 0 Å². The number of carbonyl (C=O) groups is 1. The molecule has 0 aliphatic rings. The highest BCUT2D eigenvalue weighted by molar-refractivity contribution is 6.18. The Bertz CT molecular complexity index is 97.8. The van der Waals surface area contributed by atoms with Crippen LogP contribution in [0.3, 0.4) is 0 Å². The van der Waals surface area contributed by atoms with Crippen LogP contribution < -0.4 is 5.48 Å². The van der Waals surface area contributed by atoms with E-state index in [2.05, 4.69) is 0 Å². The van der Waals surface area contributed by atoms with Crippen LogP contribution in [-0.2, 0) is 4.79 Å². The number of halogens is 1. The van der Waals surface area contributed by atoms with Crippen molar-refractivity contribution in [1.29, 1.82) is 0 Å². The van der Waals surface area contributed by atoms with E-state index in [-0.39, 0.29) is 12.3 Å². The summed E-state index contributed by atoms with van der Waals surface area (Å²) in [7, 11) is 0. The molecule has 0 aliphatic carbocycles. The molecule has 1 amide bonds. The molecule has 4 nitrogen and oxygen atoms in total. The summed E-state index contributed by atoms with van der Waals surface area (Å²) in [4.78, 5) is 10.2. The highest BCUT2D eigenvalue weighted by atomic mass is 35.5. The van der Waals surface area contributed by atoms with Gasteiger partial charge in [0.25, 0.3) is 0 Å². The van der Waals surface area contributed by atoms with Crippen LogP contribution in [0.15, 0.2) is 0 Å². The van der Waals surface area contributed by atoms with E-state index >= 15 is 0 Å². The van der Waals surface area contributed by atoms with Gasteiger partial charge in [-0.25, -0.2) is 5.48 Å². The summed E-state index contributed by atoms with van der Waals surface area (Å²) in [6, 6.07) is 0. The second kappa shape index (κ2) is 4.55. The molecule has 0 radical (unpaired) electrons. The fourth-order valence-electron chi connectivity index (χ4n) is 0.314. The third kappa shape index (κ3) is 4.20. The number of amides is 1. The first-order chi connectivity index (χ1) is 4.20. The van der Waals surface area contributed by atoms with Gasteiger partial charge in [0.15, 0.2) is 0 Å². The molecule has 1 unspecified atom stereocenters. The Morgan fingerprint density at radius 1 is 1.78 bits per heavy atom. The number of aliphatic hydroxyl groups is 1. The molecule has 0 fully saturated rings. The molecular formula is C4H8ClNO3. The molecule has 9 heavy (non-hydrogen) atoms. The van der Waals surface area contributed by atoms with Gasteiger partial charge in [0, 0.05) is 5.88 Å². The van der Waals surface area contributed by atoms with Crippen molar-refractivity contribution in [1.82, 2.24) is 5.48 Å². The zero-order valence-electron chi connectivity index (χ0n) is 4.67. The SMILES string of the molecule is O=C(CC(O)CCl)NO. The van der Waals surface area contributed by atoms with E-state index in [1.807, 2.05) is 0 Å². The Morgan fingerprint density at radius 2 is 2.33 bits per heavy atom. The van der Waals surface area contributed by atoms with Gasteiger partial charge in [-0.15, -0.1) is 11.6 Å². The number of hydrogen-bond acceptors (Lipinski definition) is 3. The summed E-state index contributed by atoms with van der Waals surface area (Å²) in [6.07, 6.45) is -1.04. The number of hydrogen-bond donors (Lipinski definition) is 3. The van der Waals surface area contributed by atoms with Crippen molar-refractivity contribution in [3.63, 3.8) is 0 Å². The molecule has 0 spiro atoms. The lowest BCUT2D eigenvalue weighted by atomic mass is 10.3. The predicted octanol–water partition coefficient (Wildman–Crippen LogP) is -0.518. The van der Waals surface area contributed by atoms with Crippen LogP contribution in [0, 0.1) is 0 Å². The molecule has 0 saturated heterocycles. The second-order valence-electron chi connectivity index (χ2n) is 1.55. The largest absolute Gasteiger partial charge is 0.391 e. The predicted molar refractivity (Wildman–Crippen MR) is 31.3 cm³/mol. The van der Waals surface area contributed by atoms with Gasteiger partial charge in [-0.3, -0.25) is 10.0 Å². The molecule has 5 heteroatoms. The minimum absolute atomic E-state index is 0.00653. The van der Waals surface area contributed by atoms with Crippen molar-refractivity contribution >= 4 is 17.5 Å². The van der Waals surface area contributed by atoms with Gasteiger partial charge in [-0.1, -0.05) is 0 Å². The summed E-state index contributed by atoms with van der Waals surface area (Å²) in [5.74, 6) is -0.642. The van der Waals surface area contributed by atoms with Crippen LogP contribution >= 0.6 is 11.6 Å². The topological polar surface area (TPSA) is 69.6 Å². The van der Waals surface area contributed by atoms with Gasteiger partial charge in [0.05, 0.1) is 12.5 Å². The minimum Gasteiger partial charge on any atom is -0.391 e. The lowest BCUT2D eigenvalue weighted by Crippen LogP contribution is -2.24. The summed E-state index contributed by atoms with van der Waals surface area (Å²) in [5.41, 5.74) is 1.37. The molecule has 0 aliphatic heterocycles. The molecule has 0 aromatic heterocycles. The first-order valence-electron chi connectivity index (χ1n) is 2.37. The first-order valence-corrected chi connectivity index (χ1v) is 2.91. The van der Waals surface area contributed by atoms with Crippen molar-refractivity contribution in [2.24, 2.45) is 0 Å². The third-order valence-electron chi connectivity index (χ3n) is 0.724. The van der Waals surface area contributed by atoms with Crippen molar-refractivity contribution in [2.75, 3.05) is 5.88 Å². The molecule has 0 aromatic carbocycles. The summed E-state index contributed by atoms with van der Waals surface area (Å²) in [6.45, 7) is 0. The van der Waals surface area contributed by atoms with Gasteiger partial charge in [-0.2, -0.15) is 0 Å². The molecule has 0 rings (SSSR count). The molecule has 54 valence electrons. The van der Waals surface area contributed by atoms with Crippen LogP contribution in [0.4, 0.5) is 0 Å². The zero-order chi connectivity index (χ0) is 7.28. The summed E-state index contributed by atoms with van der Waals surface area (Å²) < 4.78 is 0. The van der Waals surface area contributed by atoms with E-state index in [0.717, 1.165) is 0 Å². The van der Waals surface area contributed by atoms with Crippen LogP contribution in [-0.4, -0.2) is 28.2 Å². The molecule has 1 atom stereocenters. The van der Waals surface area contributed by atoms with E-state index in [1.54, 1.807) is 0 Å². The molecule has 0 saturated carbocycles. The Kier molecular flexibility index (Phi) is 4.39. The van der Waals surface area contributed by atoms with Crippen molar-refractivity contribution in [2.45, 2.75) is 12.5 Å². The van der Waals surface area contributed by atoms with Crippen molar-refractivity contribution < 1.29 is 15.1 Å². The highest BCUT2D eigenvalue weighted by Crippen LogP contribution is 1.92. The van der Waals surface area contributed by atoms with Crippen molar-refractivity contribution in [3.8, 4) is 0 Å². The van der Waals surface area contributed by atoms with Crippen LogP contribution in [0.2, 0.25) is 0 Å². The number of aliphatic hydroxyl groups excluding tert-OH is 1. The minimum atomic E-state index is -0.876. The average molecular weight is 154 g/mol. The third-order valence-corrected chi connectivity index (χ3v) is 1.08. The van der Waals surface area contributed by atoms with E-state index < -0.39 is 12.0 Å². The smallest absolute Gasteiger partial charge is 0.245 e. The second-order valence-corrected chi connectivity index (χ2v) is 1.86. The lowest BCUT2D eigenvalue weighted by Gasteiger charge is -2.02. The van der Waals surface area contributed by atoms with Gasteiger partial charge in [0.1, 0.15) is 0 Å². The van der Waals surface area contributed by atoms with E-state index in [4.69, 9.17) is 21.9 Å². The van der Waals surface area contributed by atoms with Crippen LogP contribution in [0.25, 0.3) is 0 Å². The quantitative estimate of drug-likeness (QED) is 0.290. The Morgan fingerprint density at radius 3 is 2.67 bits per heavy atom. The van der Waals surface area contributed by atoms with Gasteiger partial charge in [-0.05, 0) is 0 Å². The Hall–Kier alpha value is -0.320. The first kappa shape index (κ1) is 8.68. The summed E-state index contributed by atoms with van der Waals surface area (Å²) >= 11 is 5.14. The molecular weight excluding hydrogens is 146 g/mol. The van der Waals surface area contributed by atoms with E-state index in [9.17, 15) is 4.79 Å². The standard InChI is InChI=1S/C4H8ClNO3/c5-2-3(7)1-4(8)6-9/h3,7,9H,1-2H2,(H,6,8). The molecule has 0 heterocycles. The maximum absolute atomic E-state index is 10.2. The average Bonchev–Trinajstić information content (AvgIpc) is 1.87. The lowest BCUT2D eigenvalue weighted by molar-refractivity contribution is -0.130. The number of rotatable bonds is 3. The van der Waals surface area contributed by atoms with Crippen molar-refractivity contribution in [3.05, 3.63) is 0 Å². The fourth-order valence-corrected chi connectivity index (χ4v) is 0.423. The summed E-state index contributed by atoms with van der Waals surface area (Å²) in [5, 5.41) is 16.6. The normalized spacial score (nSPS) is 12.8. The number of nitrogens with one attached hydrogen (secondary N) is 1. The zero-order valence-corrected chi connectivity index (χ0v) is 5.43. The van der Waals surface area contributed by atoms with Gasteiger partial charge in [0.2, 0.25) is 5.91 Å². The molecule has 0 aromatic rings. The number of alkyl halides is 1. The van der Waals surface area contributed by atoms with E-state index in [0.29, 0.717) is 0 Å². The maximum Gasteiger partial charge on any atom is 0.245 e. The van der Waals surface area contributed by atoms with Gasteiger partial charge >= 0.3 is 0 Å². The Labute approximate surface area is 57.4 Å². The number of carbonyl (C=O) groups excluding carboxylic acids is 1. The fraction of sp³-hybridized carbons (Fsp3) is 0.750. The van der Waals surface area contributed by atoms with E-state index in [1.165, 1.54) is 5.48 Å². The molecule has 3 N–H and O–H groups in total. The maximum atomic E-state index is 10.2. The monoisotopic (exact) mass is 153 g/mol. The Balaban J connectivity index is 3.34. The van der Waals surface area contributed by atoms with Gasteiger partial charge < -0.3 is 5.11 Å². The molecule has 0 bridgehead atoms.